The normalized spacial score (nSPS) is 14.8. The molecule has 1 atom stereocenters. The van der Waals surface area contributed by atoms with E-state index in [1.165, 1.54) is 0 Å². The van der Waals surface area contributed by atoms with Gasteiger partial charge in [0.15, 0.2) is 0 Å². The van der Waals surface area contributed by atoms with Crippen molar-refractivity contribution in [2.24, 2.45) is 10.7 Å². The summed E-state index contributed by atoms with van der Waals surface area (Å²) in [5.41, 5.74) is 5.49. The number of hydrogen-bond donors (Lipinski definition) is 5. The molecule has 1 aliphatic heterocycles. The zero-order valence-corrected chi connectivity index (χ0v) is 18.0. The third-order valence-electron chi connectivity index (χ3n) is 4.38. The van der Waals surface area contributed by atoms with E-state index in [1.807, 2.05) is 4.72 Å². The summed E-state index contributed by atoms with van der Waals surface area (Å²) in [6, 6.07) is 4.89. The predicted octanol–water partition coefficient (Wildman–Crippen LogP) is -0.701. The van der Waals surface area contributed by atoms with E-state index < -0.39 is 40.2 Å². The van der Waals surface area contributed by atoms with E-state index in [2.05, 4.69) is 15.6 Å². The van der Waals surface area contributed by atoms with Gasteiger partial charge in [0.25, 0.3) is 5.91 Å². The highest BCUT2D eigenvalue weighted by atomic mass is 32.2. The van der Waals surface area contributed by atoms with Gasteiger partial charge in [-0.3, -0.25) is 14.6 Å². The summed E-state index contributed by atoms with van der Waals surface area (Å²) in [6.07, 6.45) is 2.69. The Balaban J connectivity index is 1.78. The van der Waals surface area contributed by atoms with Crippen LogP contribution in [0.3, 0.4) is 0 Å². The van der Waals surface area contributed by atoms with E-state index in [9.17, 15) is 23.1 Å². The molecule has 0 fully saturated rings. The third kappa shape index (κ3) is 8.90. The molecule has 0 aliphatic carbocycles. The first-order valence-electron chi connectivity index (χ1n) is 10.0. The second-order valence-corrected chi connectivity index (χ2v) is 8.78. The van der Waals surface area contributed by atoms with E-state index >= 15 is 0 Å². The summed E-state index contributed by atoms with van der Waals surface area (Å²) in [5, 5.41) is 14.8. The molecule has 1 amide bonds. The molecule has 2 rings (SSSR count). The van der Waals surface area contributed by atoms with Crippen molar-refractivity contribution in [3.05, 3.63) is 29.8 Å². The topological polar surface area (TPSA) is 172 Å². The molecule has 0 saturated carbocycles. The SMILES string of the molecule is NCCS(=O)(=O)N[C@@H](CNC(=O)c1ccc(OCCCC2=NCCCN2)cc1)C(=O)O. The molecule has 172 valence electrons. The van der Waals surface area contributed by atoms with Gasteiger partial charge in [-0.1, -0.05) is 0 Å². The number of benzene rings is 1. The Labute approximate surface area is 181 Å². The lowest BCUT2D eigenvalue weighted by molar-refractivity contribution is -0.138. The number of rotatable bonds is 13. The van der Waals surface area contributed by atoms with Gasteiger partial charge >= 0.3 is 5.97 Å². The number of carbonyl (C=O) groups excluding carboxylic acids is 1. The number of nitrogens with one attached hydrogen (secondary N) is 3. The average molecular weight is 456 g/mol. The van der Waals surface area contributed by atoms with Gasteiger partial charge in [0, 0.05) is 38.2 Å². The fourth-order valence-electron chi connectivity index (χ4n) is 2.79. The molecule has 0 bridgehead atoms. The van der Waals surface area contributed by atoms with Crippen LogP contribution in [0.25, 0.3) is 0 Å². The number of nitrogens with zero attached hydrogens (tertiary/aromatic N) is 1. The minimum Gasteiger partial charge on any atom is -0.494 e. The van der Waals surface area contributed by atoms with E-state index in [1.54, 1.807) is 24.3 Å². The fourth-order valence-corrected chi connectivity index (χ4v) is 3.83. The zero-order chi connectivity index (χ0) is 22.7. The molecule has 1 aromatic rings. The summed E-state index contributed by atoms with van der Waals surface area (Å²) in [6.45, 7) is 1.77. The molecule has 6 N–H and O–H groups in total. The smallest absolute Gasteiger partial charge is 0.323 e. The van der Waals surface area contributed by atoms with Crippen LogP contribution in [0, 0.1) is 0 Å². The highest BCUT2D eigenvalue weighted by molar-refractivity contribution is 7.89. The number of ether oxygens (including phenoxy) is 1. The number of carboxylic acid groups (broad SMARTS) is 1. The van der Waals surface area contributed by atoms with Crippen molar-refractivity contribution in [3.63, 3.8) is 0 Å². The Kier molecular flexibility index (Phi) is 9.69. The van der Waals surface area contributed by atoms with Crippen LogP contribution >= 0.6 is 0 Å². The Morgan fingerprint density at radius 3 is 2.65 bits per heavy atom. The lowest BCUT2D eigenvalue weighted by Crippen LogP contribution is -2.49. The molecule has 0 radical (unpaired) electrons. The van der Waals surface area contributed by atoms with Crippen LogP contribution in [0.15, 0.2) is 29.3 Å². The largest absolute Gasteiger partial charge is 0.494 e. The van der Waals surface area contributed by atoms with Gasteiger partial charge in [-0.25, -0.2) is 8.42 Å². The summed E-state index contributed by atoms with van der Waals surface area (Å²) < 4.78 is 31.1. The molecule has 0 spiro atoms. The van der Waals surface area contributed by atoms with Crippen LogP contribution < -0.4 is 25.8 Å². The average Bonchev–Trinajstić information content (AvgIpc) is 2.75. The lowest BCUT2D eigenvalue weighted by Gasteiger charge is -2.15. The van der Waals surface area contributed by atoms with Gasteiger partial charge in [-0.15, -0.1) is 0 Å². The van der Waals surface area contributed by atoms with Crippen molar-refractivity contribution < 1.29 is 27.9 Å². The van der Waals surface area contributed by atoms with Crippen molar-refractivity contribution in [3.8, 4) is 5.75 Å². The summed E-state index contributed by atoms with van der Waals surface area (Å²) in [7, 11) is -3.85. The number of aliphatic imine (C=N–C) groups is 1. The lowest BCUT2D eigenvalue weighted by atomic mass is 10.2. The number of amidine groups is 1. The second kappa shape index (κ2) is 12.2. The molecule has 1 heterocycles. The molecule has 0 unspecified atom stereocenters. The van der Waals surface area contributed by atoms with Gasteiger partial charge in [0.1, 0.15) is 11.8 Å². The van der Waals surface area contributed by atoms with Crippen molar-refractivity contribution in [1.82, 2.24) is 15.4 Å². The van der Waals surface area contributed by atoms with Crippen molar-refractivity contribution in [2.45, 2.75) is 25.3 Å². The number of carboxylic acids is 1. The molecule has 11 nitrogen and oxygen atoms in total. The summed E-state index contributed by atoms with van der Waals surface area (Å²) in [5.74, 6) is -0.729. The Morgan fingerprint density at radius 2 is 2.03 bits per heavy atom. The van der Waals surface area contributed by atoms with Gasteiger partial charge in [0.05, 0.1) is 18.2 Å². The summed E-state index contributed by atoms with van der Waals surface area (Å²) >= 11 is 0. The van der Waals surface area contributed by atoms with E-state index in [-0.39, 0.29) is 6.54 Å². The van der Waals surface area contributed by atoms with Crippen LogP contribution in [0.5, 0.6) is 5.75 Å². The van der Waals surface area contributed by atoms with E-state index in [0.29, 0.717) is 17.9 Å². The molecule has 31 heavy (non-hydrogen) atoms. The highest BCUT2D eigenvalue weighted by Gasteiger charge is 2.24. The zero-order valence-electron chi connectivity index (χ0n) is 17.2. The molecule has 12 heteroatoms. The molecule has 0 aromatic heterocycles. The maximum Gasteiger partial charge on any atom is 0.323 e. The van der Waals surface area contributed by atoms with E-state index in [4.69, 9.17) is 10.5 Å². The number of amides is 1. The fraction of sp³-hybridized carbons (Fsp3) is 0.526. The quantitative estimate of drug-likeness (QED) is 0.243. The molecule has 1 aliphatic rings. The van der Waals surface area contributed by atoms with Crippen LogP contribution in [-0.2, 0) is 14.8 Å². The number of sulfonamides is 1. The number of aliphatic carboxylic acids is 1. The Morgan fingerprint density at radius 1 is 1.29 bits per heavy atom. The maximum absolute atomic E-state index is 12.2. The van der Waals surface area contributed by atoms with Crippen molar-refractivity contribution in [1.29, 1.82) is 0 Å². The van der Waals surface area contributed by atoms with Gasteiger partial charge in [-0.2, -0.15) is 4.72 Å². The Bertz CT molecular complexity index is 872. The first-order valence-corrected chi connectivity index (χ1v) is 11.7. The van der Waals surface area contributed by atoms with Crippen molar-refractivity contribution >= 4 is 27.7 Å². The minimum absolute atomic E-state index is 0.145. The molecule has 0 saturated heterocycles. The van der Waals surface area contributed by atoms with Crippen LogP contribution in [-0.4, -0.2) is 75.8 Å². The first kappa shape index (κ1) is 24.6. The van der Waals surface area contributed by atoms with Crippen LogP contribution in [0.2, 0.25) is 0 Å². The van der Waals surface area contributed by atoms with Crippen LogP contribution in [0.1, 0.15) is 29.6 Å². The van der Waals surface area contributed by atoms with Crippen molar-refractivity contribution in [2.75, 3.05) is 38.5 Å². The molecular formula is C19H29N5O6S. The maximum atomic E-state index is 12.2. The Hall–Kier alpha value is -2.70. The standard InChI is InChI=1S/C19H29N5O6S/c20-8-12-31(28,29)24-16(19(26)27)13-23-18(25)14-4-6-15(7-5-14)30-11-1-3-17-21-9-2-10-22-17/h4-7,16,24H,1-3,8-13,20H2,(H,21,22)(H,23,25)(H,26,27)/t16-/m0/s1. The number of carbonyl (C=O) groups is 2. The highest BCUT2D eigenvalue weighted by Crippen LogP contribution is 2.13. The summed E-state index contributed by atoms with van der Waals surface area (Å²) in [4.78, 5) is 27.9. The van der Waals surface area contributed by atoms with Crippen LogP contribution in [0.4, 0.5) is 0 Å². The van der Waals surface area contributed by atoms with Gasteiger partial charge in [-0.05, 0) is 37.1 Å². The molecular weight excluding hydrogens is 426 g/mol. The van der Waals surface area contributed by atoms with E-state index in [0.717, 1.165) is 38.2 Å². The monoisotopic (exact) mass is 455 g/mol. The second-order valence-electron chi connectivity index (χ2n) is 6.91. The van der Waals surface area contributed by atoms with Gasteiger partial charge < -0.3 is 26.2 Å². The first-order chi connectivity index (χ1) is 14.8. The van der Waals surface area contributed by atoms with Gasteiger partial charge in [0.2, 0.25) is 10.0 Å². The third-order valence-corrected chi connectivity index (χ3v) is 5.80. The minimum atomic E-state index is -3.85. The predicted molar refractivity (Wildman–Crippen MR) is 116 cm³/mol. The number of hydrogen-bond acceptors (Lipinski definition) is 8. The number of nitrogens with two attached hydrogens (primary N) is 1. The molecule has 1 aromatic carbocycles.